The molecule has 0 radical (unpaired) electrons. The molecule has 0 fully saturated rings. The second kappa shape index (κ2) is 4.18. The van der Waals surface area contributed by atoms with Gasteiger partial charge in [-0.3, -0.25) is 0 Å². The number of rotatable bonds is 3. The van der Waals surface area contributed by atoms with E-state index < -0.39 is 5.97 Å². The number of carbonyl (C=O) groups is 1. The monoisotopic (exact) mass is 198 g/mol. The Morgan fingerprint density at radius 3 is 2.77 bits per heavy atom. The van der Waals surface area contributed by atoms with Crippen molar-refractivity contribution in [3.05, 3.63) is 23.8 Å². The summed E-state index contributed by atoms with van der Waals surface area (Å²) in [6, 6.07) is 4.57. The van der Waals surface area contributed by atoms with Crippen molar-refractivity contribution in [2.75, 3.05) is 6.61 Å². The standard InChI is InChI=1S/C9H10O3S/c1-2-12-7-4-3-6(9(10)11)5-8(7)13/h3-5,13H,2H2,1H3,(H,10,11). The van der Waals surface area contributed by atoms with Crippen molar-refractivity contribution in [3.8, 4) is 5.75 Å². The maximum Gasteiger partial charge on any atom is 0.335 e. The number of benzene rings is 1. The van der Waals surface area contributed by atoms with E-state index in [9.17, 15) is 4.79 Å². The van der Waals surface area contributed by atoms with Crippen LogP contribution in [0.25, 0.3) is 0 Å². The zero-order valence-corrected chi connectivity index (χ0v) is 8.04. The van der Waals surface area contributed by atoms with Gasteiger partial charge in [0.15, 0.2) is 0 Å². The molecule has 0 heterocycles. The third-order valence-electron chi connectivity index (χ3n) is 1.51. The summed E-state index contributed by atoms with van der Waals surface area (Å²) in [4.78, 5) is 11.1. The van der Waals surface area contributed by atoms with Crippen LogP contribution in [-0.4, -0.2) is 17.7 Å². The lowest BCUT2D eigenvalue weighted by Gasteiger charge is -2.06. The predicted molar refractivity (Wildman–Crippen MR) is 51.8 cm³/mol. The summed E-state index contributed by atoms with van der Waals surface area (Å²) in [5, 5.41) is 8.66. The van der Waals surface area contributed by atoms with Crippen molar-refractivity contribution in [2.24, 2.45) is 0 Å². The molecule has 0 amide bonds. The molecule has 0 aromatic heterocycles. The van der Waals surface area contributed by atoms with Crippen LogP contribution in [0.15, 0.2) is 23.1 Å². The second-order valence-electron chi connectivity index (χ2n) is 2.42. The van der Waals surface area contributed by atoms with Crippen molar-refractivity contribution in [3.63, 3.8) is 0 Å². The summed E-state index contributed by atoms with van der Waals surface area (Å²) < 4.78 is 5.20. The quantitative estimate of drug-likeness (QED) is 0.731. The van der Waals surface area contributed by atoms with Crippen LogP contribution in [0, 0.1) is 0 Å². The lowest BCUT2D eigenvalue weighted by Crippen LogP contribution is -1.98. The van der Waals surface area contributed by atoms with Crippen LogP contribution in [0.3, 0.4) is 0 Å². The number of aromatic carboxylic acids is 1. The number of ether oxygens (including phenoxy) is 1. The molecule has 4 heteroatoms. The zero-order valence-electron chi connectivity index (χ0n) is 7.15. The molecule has 70 valence electrons. The van der Waals surface area contributed by atoms with Crippen molar-refractivity contribution < 1.29 is 14.6 Å². The molecular weight excluding hydrogens is 188 g/mol. The minimum Gasteiger partial charge on any atom is -0.493 e. The maximum absolute atomic E-state index is 10.5. The van der Waals surface area contributed by atoms with Crippen molar-refractivity contribution in [1.29, 1.82) is 0 Å². The number of thiol groups is 1. The smallest absolute Gasteiger partial charge is 0.335 e. The maximum atomic E-state index is 10.5. The fraction of sp³-hybridized carbons (Fsp3) is 0.222. The SMILES string of the molecule is CCOc1ccc(C(=O)O)cc1S. The Morgan fingerprint density at radius 1 is 1.62 bits per heavy atom. The molecule has 0 saturated carbocycles. The van der Waals surface area contributed by atoms with Gasteiger partial charge in [-0.1, -0.05) is 0 Å². The Kier molecular flexibility index (Phi) is 3.19. The summed E-state index contributed by atoms with van der Waals surface area (Å²) in [5.74, 6) is -0.353. The molecule has 1 aromatic carbocycles. The molecule has 0 aliphatic heterocycles. The van der Waals surface area contributed by atoms with Gasteiger partial charge in [-0.2, -0.15) is 0 Å². The molecule has 3 nitrogen and oxygen atoms in total. The summed E-state index contributed by atoms with van der Waals surface area (Å²) in [7, 11) is 0. The lowest BCUT2D eigenvalue weighted by atomic mass is 10.2. The molecule has 1 N–H and O–H groups in total. The lowest BCUT2D eigenvalue weighted by molar-refractivity contribution is 0.0696. The van der Waals surface area contributed by atoms with Crippen molar-refractivity contribution >= 4 is 18.6 Å². The molecule has 1 rings (SSSR count). The molecule has 0 aliphatic rings. The molecule has 0 bridgehead atoms. The Balaban J connectivity index is 2.98. The van der Waals surface area contributed by atoms with Gasteiger partial charge in [-0.15, -0.1) is 12.6 Å². The van der Waals surface area contributed by atoms with Crippen LogP contribution >= 0.6 is 12.6 Å². The van der Waals surface area contributed by atoms with E-state index in [-0.39, 0.29) is 5.56 Å². The van der Waals surface area contributed by atoms with Crippen LogP contribution in [0.1, 0.15) is 17.3 Å². The minimum atomic E-state index is -0.960. The van der Waals surface area contributed by atoms with Crippen LogP contribution in [0.2, 0.25) is 0 Å². The molecule has 0 atom stereocenters. The van der Waals surface area contributed by atoms with Gasteiger partial charge in [0.25, 0.3) is 0 Å². The molecule has 0 unspecified atom stereocenters. The van der Waals surface area contributed by atoms with E-state index in [4.69, 9.17) is 9.84 Å². The highest BCUT2D eigenvalue weighted by Crippen LogP contribution is 2.23. The minimum absolute atomic E-state index is 0.216. The Labute approximate surface area is 81.8 Å². The van der Waals surface area contributed by atoms with E-state index in [1.54, 1.807) is 6.07 Å². The third-order valence-corrected chi connectivity index (χ3v) is 1.86. The topological polar surface area (TPSA) is 46.5 Å². The average Bonchev–Trinajstić information content (AvgIpc) is 2.08. The van der Waals surface area contributed by atoms with Crippen LogP contribution in [-0.2, 0) is 0 Å². The van der Waals surface area contributed by atoms with Gasteiger partial charge >= 0.3 is 5.97 Å². The van der Waals surface area contributed by atoms with E-state index in [1.807, 2.05) is 6.92 Å². The Hall–Kier alpha value is -1.16. The fourth-order valence-electron chi connectivity index (χ4n) is 0.928. The number of hydrogen-bond donors (Lipinski definition) is 2. The fourth-order valence-corrected chi connectivity index (χ4v) is 1.21. The van der Waals surface area contributed by atoms with E-state index in [1.165, 1.54) is 12.1 Å². The normalized spacial score (nSPS) is 9.69. The van der Waals surface area contributed by atoms with Gasteiger partial charge in [0, 0.05) is 4.90 Å². The van der Waals surface area contributed by atoms with Crippen LogP contribution in [0.5, 0.6) is 5.75 Å². The van der Waals surface area contributed by atoms with Crippen molar-refractivity contribution in [2.45, 2.75) is 11.8 Å². The highest BCUT2D eigenvalue weighted by atomic mass is 32.1. The summed E-state index contributed by atoms with van der Waals surface area (Å²) in [5.41, 5.74) is 0.216. The molecule has 1 aromatic rings. The number of carboxylic acid groups (broad SMARTS) is 1. The van der Waals surface area contributed by atoms with E-state index >= 15 is 0 Å². The largest absolute Gasteiger partial charge is 0.493 e. The molecule has 0 aliphatic carbocycles. The predicted octanol–water partition coefficient (Wildman–Crippen LogP) is 2.07. The number of carboxylic acids is 1. The Morgan fingerprint density at radius 2 is 2.31 bits per heavy atom. The van der Waals surface area contributed by atoms with E-state index in [0.717, 1.165) is 0 Å². The Bertz CT molecular complexity index is 323. The van der Waals surface area contributed by atoms with Crippen LogP contribution in [0.4, 0.5) is 0 Å². The first-order valence-corrected chi connectivity index (χ1v) is 4.29. The molecular formula is C9H10O3S. The molecule has 0 saturated heterocycles. The number of hydrogen-bond acceptors (Lipinski definition) is 3. The van der Waals surface area contributed by atoms with Gasteiger partial charge < -0.3 is 9.84 Å². The van der Waals surface area contributed by atoms with E-state index in [0.29, 0.717) is 17.3 Å². The van der Waals surface area contributed by atoms with Gasteiger partial charge in [-0.05, 0) is 25.1 Å². The zero-order chi connectivity index (χ0) is 9.84. The first kappa shape index (κ1) is 9.92. The molecule has 0 spiro atoms. The van der Waals surface area contributed by atoms with Crippen LogP contribution < -0.4 is 4.74 Å². The first-order chi connectivity index (χ1) is 6.15. The first-order valence-electron chi connectivity index (χ1n) is 3.84. The highest BCUT2D eigenvalue weighted by Gasteiger charge is 2.05. The van der Waals surface area contributed by atoms with Gasteiger partial charge in [-0.25, -0.2) is 4.79 Å². The highest BCUT2D eigenvalue weighted by molar-refractivity contribution is 7.80. The summed E-state index contributed by atoms with van der Waals surface area (Å²) in [6.07, 6.45) is 0. The third kappa shape index (κ3) is 2.39. The summed E-state index contributed by atoms with van der Waals surface area (Å²) >= 11 is 4.11. The van der Waals surface area contributed by atoms with Crippen molar-refractivity contribution in [1.82, 2.24) is 0 Å². The van der Waals surface area contributed by atoms with Gasteiger partial charge in [0.2, 0.25) is 0 Å². The average molecular weight is 198 g/mol. The summed E-state index contributed by atoms with van der Waals surface area (Å²) in [6.45, 7) is 2.40. The molecule has 13 heavy (non-hydrogen) atoms. The van der Waals surface area contributed by atoms with Gasteiger partial charge in [0.1, 0.15) is 5.75 Å². The second-order valence-corrected chi connectivity index (χ2v) is 2.90. The van der Waals surface area contributed by atoms with E-state index in [2.05, 4.69) is 12.6 Å². The van der Waals surface area contributed by atoms with Gasteiger partial charge in [0.05, 0.1) is 12.2 Å².